The topological polar surface area (TPSA) is 68.1 Å². The molecule has 3 aromatic rings. The van der Waals surface area contributed by atoms with Gasteiger partial charge in [0.25, 0.3) is 11.8 Å². The number of imide groups is 1. The number of pyridine rings is 1. The summed E-state index contributed by atoms with van der Waals surface area (Å²) < 4.78 is 1.94. The highest BCUT2D eigenvalue weighted by molar-refractivity contribution is 7.97. The fourth-order valence-corrected chi connectivity index (χ4v) is 3.63. The van der Waals surface area contributed by atoms with Crippen LogP contribution in [0.2, 0.25) is 0 Å². The molecule has 4 rings (SSSR count). The van der Waals surface area contributed by atoms with E-state index in [2.05, 4.69) is 9.97 Å². The maximum atomic E-state index is 12.3. The molecule has 26 heavy (non-hydrogen) atoms. The van der Waals surface area contributed by atoms with Crippen LogP contribution in [-0.2, 0) is 0 Å². The van der Waals surface area contributed by atoms with Crippen LogP contribution in [0, 0.1) is 0 Å². The van der Waals surface area contributed by atoms with Crippen molar-refractivity contribution in [3.63, 3.8) is 0 Å². The number of fused-ring (bicyclic) bond motifs is 1. The summed E-state index contributed by atoms with van der Waals surface area (Å²) in [6.07, 6.45) is 7.93. The second-order valence-corrected chi connectivity index (χ2v) is 6.94. The van der Waals surface area contributed by atoms with Crippen molar-refractivity contribution in [3.8, 4) is 11.3 Å². The SMILES string of the molecule is O=C1c2ccccc2C(=O)N1CCCSn1cnc(-c2cccnc2)c1. The van der Waals surface area contributed by atoms with E-state index in [-0.39, 0.29) is 11.8 Å². The lowest BCUT2D eigenvalue weighted by molar-refractivity contribution is 0.0655. The largest absolute Gasteiger partial charge is 0.279 e. The fourth-order valence-electron chi connectivity index (χ4n) is 2.88. The maximum absolute atomic E-state index is 12.3. The van der Waals surface area contributed by atoms with Crippen molar-refractivity contribution in [1.29, 1.82) is 0 Å². The van der Waals surface area contributed by atoms with Crippen molar-refractivity contribution in [3.05, 3.63) is 72.4 Å². The normalized spacial score (nSPS) is 13.3. The molecule has 0 aliphatic carbocycles. The fraction of sp³-hybridized carbons (Fsp3) is 0.158. The van der Waals surface area contributed by atoms with E-state index in [1.165, 1.54) is 4.90 Å². The molecule has 0 saturated heterocycles. The highest BCUT2D eigenvalue weighted by atomic mass is 32.2. The number of benzene rings is 1. The van der Waals surface area contributed by atoms with Crippen LogP contribution in [0.3, 0.4) is 0 Å². The number of carbonyl (C=O) groups is 2. The average Bonchev–Trinajstić information content (AvgIpc) is 3.25. The molecule has 0 saturated carbocycles. The van der Waals surface area contributed by atoms with Crippen molar-refractivity contribution in [2.45, 2.75) is 6.42 Å². The van der Waals surface area contributed by atoms with Gasteiger partial charge in [-0.2, -0.15) is 0 Å². The molecule has 0 fully saturated rings. The first kappa shape index (κ1) is 16.5. The Morgan fingerprint density at radius 3 is 2.46 bits per heavy atom. The third kappa shape index (κ3) is 3.13. The van der Waals surface area contributed by atoms with Gasteiger partial charge in [0, 0.05) is 36.5 Å². The standard InChI is InChI=1S/C19H16N4O2S/c24-18-15-6-1-2-7-16(15)19(25)23(18)9-4-10-26-22-12-17(21-13-22)14-5-3-8-20-11-14/h1-3,5-8,11-13H,4,9-10H2. The molecular formula is C19H16N4O2S. The molecule has 0 atom stereocenters. The Morgan fingerprint density at radius 2 is 1.77 bits per heavy atom. The van der Waals surface area contributed by atoms with E-state index in [0.717, 1.165) is 23.4 Å². The van der Waals surface area contributed by atoms with Gasteiger partial charge in [-0.05, 0) is 42.6 Å². The molecule has 1 aromatic carbocycles. The lowest BCUT2D eigenvalue weighted by Gasteiger charge is -2.13. The van der Waals surface area contributed by atoms with Crippen molar-refractivity contribution in [2.24, 2.45) is 0 Å². The highest BCUT2D eigenvalue weighted by Gasteiger charge is 2.34. The van der Waals surface area contributed by atoms with E-state index in [9.17, 15) is 9.59 Å². The van der Waals surface area contributed by atoms with Gasteiger partial charge in [-0.3, -0.25) is 23.4 Å². The van der Waals surface area contributed by atoms with Crippen LogP contribution >= 0.6 is 11.9 Å². The van der Waals surface area contributed by atoms with Gasteiger partial charge in [0.05, 0.1) is 16.8 Å². The van der Waals surface area contributed by atoms with Gasteiger partial charge in [-0.1, -0.05) is 12.1 Å². The second kappa shape index (κ2) is 7.13. The van der Waals surface area contributed by atoms with E-state index < -0.39 is 0 Å². The molecule has 0 bridgehead atoms. The zero-order valence-electron chi connectivity index (χ0n) is 13.9. The maximum Gasteiger partial charge on any atom is 0.261 e. The van der Waals surface area contributed by atoms with Crippen molar-refractivity contribution < 1.29 is 9.59 Å². The summed E-state index contributed by atoms with van der Waals surface area (Å²) in [5.74, 6) is 0.380. The van der Waals surface area contributed by atoms with Gasteiger partial charge in [-0.15, -0.1) is 0 Å². The predicted molar refractivity (Wildman–Crippen MR) is 99.7 cm³/mol. The molecule has 1 aliphatic rings. The molecule has 0 radical (unpaired) electrons. The van der Waals surface area contributed by atoms with E-state index >= 15 is 0 Å². The Bertz CT molecular complexity index is 920. The molecule has 2 aromatic heterocycles. The van der Waals surface area contributed by atoms with E-state index in [4.69, 9.17) is 0 Å². The van der Waals surface area contributed by atoms with Gasteiger partial charge in [0.2, 0.25) is 0 Å². The Labute approximate surface area is 155 Å². The summed E-state index contributed by atoms with van der Waals surface area (Å²) >= 11 is 1.59. The van der Waals surface area contributed by atoms with Crippen molar-refractivity contribution >= 4 is 23.8 Å². The Morgan fingerprint density at radius 1 is 1.00 bits per heavy atom. The molecule has 6 nitrogen and oxygen atoms in total. The van der Waals surface area contributed by atoms with E-state index in [1.54, 1.807) is 54.9 Å². The smallest absolute Gasteiger partial charge is 0.261 e. The molecule has 3 heterocycles. The van der Waals surface area contributed by atoms with Crippen LogP contribution in [0.15, 0.2) is 61.3 Å². The van der Waals surface area contributed by atoms with Gasteiger partial charge < -0.3 is 0 Å². The zero-order valence-corrected chi connectivity index (χ0v) is 14.7. The number of amides is 2. The molecular weight excluding hydrogens is 348 g/mol. The van der Waals surface area contributed by atoms with Crippen LogP contribution in [0.25, 0.3) is 11.3 Å². The lowest BCUT2D eigenvalue weighted by atomic mass is 10.1. The van der Waals surface area contributed by atoms with Gasteiger partial charge in [0.1, 0.15) is 6.33 Å². The summed E-state index contributed by atoms with van der Waals surface area (Å²) in [5, 5.41) is 0. The first-order valence-electron chi connectivity index (χ1n) is 8.27. The summed E-state index contributed by atoms with van der Waals surface area (Å²) in [6, 6.07) is 10.8. The molecule has 2 amide bonds. The summed E-state index contributed by atoms with van der Waals surface area (Å²) in [6.45, 7) is 0.420. The average molecular weight is 364 g/mol. The number of aromatic nitrogens is 3. The first-order chi connectivity index (χ1) is 12.7. The van der Waals surface area contributed by atoms with Crippen LogP contribution in [-0.4, -0.2) is 43.0 Å². The Hall–Kier alpha value is -2.93. The quantitative estimate of drug-likeness (QED) is 0.496. The lowest BCUT2D eigenvalue weighted by Crippen LogP contribution is -2.31. The number of hydrogen-bond acceptors (Lipinski definition) is 5. The van der Waals surface area contributed by atoms with Crippen molar-refractivity contribution in [1.82, 2.24) is 18.8 Å². The Kier molecular flexibility index (Phi) is 4.53. The van der Waals surface area contributed by atoms with Crippen molar-refractivity contribution in [2.75, 3.05) is 12.3 Å². The number of hydrogen-bond donors (Lipinski definition) is 0. The van der Waals surface area contributed by atoms with Gasteiger partial charge in [0.15, 0.2) is 0 Å². The highest BCUT2D eigenvalue weighted by Crippen LogP contribution is 2.23. The number of imidazole rings is 1. The number of rotatable bonds is 6. The summed E-state index contributed by atoms with van der Waals surface area (Å²) in [5.41, 5.74) is 2.84. The molecule has 7 heteroatoms. The molecule has 130 valence electrons. The van der Waals surface area contributed by atoms with Crippen LogP contribution in [0.1, 0.15) is 27.1 Å². The molecule has 0 N–H and O–H groups in total. The molecule has 1 aliphatic heterocycles. The first-order valence-corrected chi connectivity index (χ1v) is 9.21. The minimum absolute atomic E-state index is 0.197. The third-order valence-corrected chi connectivity index (χ3v) is 5.13. The predicted octanol–water partition coefficient (Wildman–Crippen LogP) is 3.13. The summed E-state index contributed by atoms with van der Waals surface area (Å²) in [7, 11) is 0. The summed E-state index contributed by atoms with van der Waals surface area (Å²) in [4.78, 5) is 34.4. The molecule has 0 unspecified atom stereocenters. The van der Waals surface area contributed by atoms with Gasteiger partial charge in [-0.25, -0.2) is 4.98 Å². The van der Waals surface area contributed by atoms with Crippen LogP contribution in [0.4, 0.5) is 0 Å². The molecule has 0 spiro atoms. The van der Waals surface area contributed by atoms with E-state index in [0.29, 0.717) is 17.7 Å². The minimum Gasteiger partial charge on any atom is -0.279 e. The third-order valence-electron chi connectivity index (χ3n) is 4.16. The van der Waals surface area contributed by atoms with Crippen LogP contribution in [0.5, 0.6) is 0 Å². The monoisotopic (exact) mass is 364 g/mol. The number of nitrogens with zero attached hydrogens (tertiary/aromatic N) is 4. The zero-order chi connectivity index (χ0) is 17.9. The second-order valence-electron chi connectivity index (χ2n) is 5.85. The van der Waals surface area contributed by atoms with E-state index in [1.807, 2.05) is 22.3 Å². The minimum atomic E-state index is -0.197. The Balaban J connectivity index is 1.31. The van der Waals surface area contributed by atoms with Gasteiger partial charge >= 0.3 is 0 Å². The van der Waals surface area contributed by atoms with Crippen LogP contribution < -0.4 is 0 Å². The number of carbonyl (C=O) groups excluding carboxylic acids is 2.